The molecule has 0 aliphatic carbocycles. The van der Waals surface area contributed by atoms with Crippen LogP contribution in [0.1, 0.15) is 155 Å². The van der Waals surface area contributed by atoms with E-state index in [9.17, 15) is 35.4 Å². The van der Waals surface area contributed by atoms with Crippen molar-refractivity contribution in [2.45, 2.75) is 204 Å². The lowest BCUT2D eigenvalue weighted by molar-refractivity contribution is -0.304. The Hall–Kier alpha value is -1.45. The molecule has 13 nitrogen and oxygen atoms in total. The lowest BCUT2D eigenvalue weighted by Gasteiger charge is -2.40. The lowest BCUT2D eigenvalue weighted by Crippen LogP contribution is -2.59. The number of aliphatic hydroxyl groups excluding tert-OH is 6. The number of hydrogen-bond donors (Lipinski definition) is 6. The predicted octanol–water partition coefficient (Wildman–Crippen LogP) is 3.75. The van der Waals surface area contributed by atoms with E-state index in [4.69, 9.17) is 9.47 Å². The van der Waals surface area contributed by atoms with Crippen molar-refractivity contribution in [1.82, 2.24) is 19.8 Å². The van der Waals surface area contributed by atoms with Crippen molar-refractivity contribution >= 4 is 0 Å². The molecule has 1 saturated heterocycles. The summed E-state index contributed by atoms with van der Waals surface area (Å²) in [6, 6.07) is -1.18. The van der Waals surface area contributed by atoms with Crippen LogP contribution in [0.15, 0.2) is 4.79 Å². The van der Waals surface area contributed by atoms with E-state index in [1.807, 2.05) is 0 Å². The van der Waals surface area contributed by atoms with E-state index in [1.54, 1.807) is 0 Å². The van der Waals surface area contributed by atoms with Gasteiger partial charge in [0.25, 0.3) is 0 Å². The number of hydrogen-bond acceptors (Lipinski definition) is 11. The molecule has 5 unspecified atom stereocenters. The number of tetrazole rings is 1. The van der Waals surface area contributed by atoms with Gasteiger partial charge in [0, 0.05) is 6.54 Å². The van der Waals surface area contributed by atoms with Crippen molar-refractivity contribution in [2.24, 2.45) is 0 Å². The zero-order valence-electron chi connectivity index (χ0n) is 29.8. The van der Waals surface area contributed by atoms with Crippen LogP contribution in [0.25, 0.3) is 0 Å². The van der Waals surface area contributed by atoms with Gasteiger partial charge >= 0.3 is 5.69 Å². The Bertz CT molecular complexity index is 978. The van der Waals surface area contributed by atoms with Gasteiger partial charge in [-0.1, -0.05) is 136 Å². The fraction of sp³-hybridized carbons (Fsp3) is 0.971. The summed E-state index contributed by atoms with van der Waals surface area (Å²) in [5, 5.41) is 70.5. The van der Waals surface area contributed by atoms with E-state index >= 15 is 0 Å². The molecule has 282 valence electrons. The van der Waals surface area contributed by atoms with E-state index in [0.29, 0.717) is 19.4 Å². The van der Waals surface area contributed by atoms with Gasteiger partial charge in [-0.2, -0.15) is 9.36 Å². The summed E-state index contributed by atoms with van der Waals surface area (Å²) in [6.07, 6.45) is 13.1. The molecule has 48 heavy (non-hydrogen) atoms. The van der Waals surface area contributed by atoms with Gasteiger partial charge in [0.2, 0.25) is 0 Å². The number of nitrogens with zero attached hydrogens (tertiary/aromatic N) is 4. The summed E-state index contributed by atoms with van der Waals surface area (Å²) in [5.74, 6) is 0. The first-order valence-electron chi connectivity index (χ1n) is 19.1. The Balaban J connectivity index is 1.93. The van der Waals surface area contributed by atoms with Crippen molar-refractivity contribution in [2.75, 3.05) is 13.2 Å². The molecule has 1 aromatic heterocycles. The van der Waals surface area contributed by atoms with Crippen molar-refractivity contribution in [3.05, 3.63) is 10.5 Å². The van der Waals surface area contributed by atoms with Gasteiger partial charge in [-0.15, -0.1) is 0 Å². The van der Waals surface area contributed by atoms with E-state index in [0.717, 1.165) is 49.6 Å². The number of aliphatic hydroxyl groups is 6. The molecule has 1 aliphatic rings. The average Bonchev–Trinajstić information content (AvgIpc) is 3.45. The fourth-order valence-electron chi connectivity index (χ4n) is 6.36. The lowest BCUT2D eigenvalue weighted by atomic mass is 9.98. The number of aryl methyl sites for hydroxylation is 1. The molecule has 13 heteroatoms. The Labute approximate surface area is 287 Å². The second kappa shape index (κ2) is 25.5. The average molecular weight is 689 g/mol. The molecule has 0 aromatic carbocycles. The molecule has 0 bridgehead atoms. The number of aromatic nitrogens is 4. The highest BCUT2D eigenvalue weighted by atomic mass is 16.7. The van der Waals surface area contributed by atoms with Crippen LogP contribution in [0.2, 0.25) is 0 Å². The second-order valence-corrected chi connectivity index (χ2v) is 13.7. The standard InChI is InChI=1S/C35H68N4O9/c1-3-5-7-9-11-13-14-15-16-17-19-21-23-28(41)30(42)27(26-47-34-33(45)32(44)31(43)29(25-40)48-34)39-35(46)38(36-37-39)24-22-20-18-12-10-8-6-4-2/h27-34,40-45H,3-26H2,1-2H3/t27-,28+,29?,30-,31?,32?,33?,34?/m0/s1. The van der Waals surface area contributed by atoms with Crippen molar-refractivity contribution in [1.29, 1.82) is 0 Å². The Morgan fingerprint density at radius 1 is 0.708 bits per heavy atom. The SMILES string of the molecule is CCCCCCCCCCCCCC[C@@H](O)[C@@H](O)[C@H](COC1OC(CO)C(O)C(O)C1O)n1nnn(CCCCCCCCCC)c1=O. The number of unbranched alkanes of at least 4 members (excludes halogenated alkanes) is 18. The minimum atomic E-state index is -1.65. The molecule has 0 saturated carbocycles. The molecule has 1 aliphatic heterocycles. The zero-order chi connectivity index (χ0) is 35.1. The van der Waals surface area contributed by atoms with Crippen molar-refractivity contribution < 1.29 is 40.1 Å². The van der Waals surface area contributed by atoms with Gasteiger partial charge < -0.3 is 40.1 Å². The Morgan fingerprint density at radius 3 is 1.73 bits per heavy atom. The highest BCUT2D eigenvalue weighted by molar-refractivity contribution is 4.89. The van der Waals surface area contributed by atoms with Gasteiger partial charge in [0.15, 0.2) is 6.29 Å². The monoisotopic (exact) mass is 688 g/mol. The van der Waals surface area contributed by atoms with E-state index in [1.165, 1.54) is 81.7 Å². The maximum atomic E-state index is 13.3. The quantitative estimate of drug-likeness (QED) is 0.0672. The first-order chi connectivity index (χ1) is 23.3. The highest BCUT2D eigenvalue weighted by Crippen LogP contribution is 2.25. The van der Waals surface area contributed by atoms with Gasteiger partial charge in [0.1, 0.15) is 36.6 Å². The molecule has 6 N–H and O–H groups in total. The molecule has 0 amide bonds. The third-order valence-electron chi connectivity index (χ3n) is 9.62. The highest BCUT2D eigenvalue weighted by Gasteiger charge is 2.45. The van der Waals surface area contributed by atoms with Crippen LogP contribution in [0.3, 0.4) is 0 Å². The van der Waals surface area contributed by atoms with Crippen LogP contribution in [0.4, 0.5) is 0 Å². The number of ether oxygens (including phenoxy) is 2. The van der Waals surface area contributed by atoms with Crippen LogP contribution in [-0.2, 0) is 16.0 Å². The van der Waals surface area contributed by atoms with Crippen molar-refractivity contribution in [3.63, 3.8) is 0 Å². The van der Waals surface area contributed by atoms with E-state index in [-0.39, 0.29) is 0 Å². The minimum Gasteiger partial charge on any atom is -0.394 e. The molecular formula is C35H68N4O9. The first-order valence-corrected chi connectivity index (χ1v) is 19.1. The number of rotatable bonds is 29. The van der Waals surface area contributed by atoms with E-state index in [2.05, 4.69) is 24.3 Å². The topological polar surface area (TPSA) is 193 Å². The van der Waals surface area contributed by atoms with Gasteiger partial charge in [-0.3, -0.25) is 0 Å². The maximum Gasteiger partial charge on any atom is 0.364 e. The largest absolute Gasteiger partial charge is 0.394 e. The molecule has 8 atom stereocenters. The Kier molecular flexibility index (Phi) is 22.7. The molecule has 0 spiro atoms. The molecular weight excluding hydrogens is 620 g/mol. The normalized spacial score (nSPS) is 23.4. The molecule has 2 heterocycles. The maximum absolute atomic E-state index is 13.3. The summed E-state index contributed by atoms with van der Waals surface area (Å²) in [6.45, 7) is 3.74. The molecule has 1 aromatic rings. The zero-order valence-corrected chi connectivity index (χ0v) is 29.8. The van der Waals surface area contributed by atoms with E-state index < -0.39 is 67.9 Å². The summed E-state index contributed by atoms with van der Waals surface area (Å²) in [7, 11) is 0. The Morgan fingerprint density at radius 2 is 1.21 bits per heavy atom. The van der Waals surface area contributed by atoms with Crippen LogP contribution >= 0.6 is 0 Å². The molecule has 0 radical (unpaired) electrons. The van der Waals surface area contributed by atoms with Crippen LogP contribution in [0.5, 0.6) is 0 Å². The summed E-state index contributed by atoms with van der Waals surface area (Å²) >= 11 is 0. The second-order valence-electron chi connectivity index (χ2n) is 13.7. The third kappa shape index (κ3) is 15.2. The van der Waals surface area contributed by atoms with Crippen LogP contribution in [-0.4, -0.2) is 107 Å². The smallest absolute Gasteiger partial charge is 0.364 e. The minimum absolute atomic E-state index is 0.316. The third-order valence-corrected chi connectivity index (χ3v) is 9.62. The first kappa shape index (κ1) is 42.7. The van der Waals surface area contributed by atoms with Crippen LogP contribution < -0.4 is 5.69 Å². The summed E-state index contributed by atoms with van der Waals surface area (Å²) in [5.41, 5.74) is -0.558. The van der Waals surface area contributed by atoms with Crippen molar-refractivity contribution in [3.8, 4) is 0 Å². The predicted molar refractivity (Wildman–Crippen MR) is 183 cm³/mol. The summed E-state index contributed by atoms with van der Waals surface area (Å²) < 4.78 is 13.4. The molecule has 1 fully saturated rings. The van der Waals surface area contributed by atoms with Gasteiger partial charge in [-0.05, 0) is 23.3 Å². The van der Waals surface area contributed by atoms with Gasteiger partial charge in [0.05, 0.1) is 19.3 Å². The fourth-order valence-corrected chi connectivity index (χ4v) is 6.36. The van der Waals surface area contributed by atoms with Gasteiger partial charge in [-0.25, -0.2) is 4.79 Å². The molecule has 2 rings (SSSR count). The summed E-state index contributed by atoms with van der Waals surface area (Å²) in [4.78, 5) is 13.3. The van der Waals surface area contributed by atoms with Crippen LogP contribution in [0, 0.1) is 0 Å².